The largest absolute Gasteiger partial charge is 0.357 e. The summed E-state index contributed by atoms with van der Waals surface area (Å²) in [6.45, 7) is 8.23. The zero-order valence-corrected chi connectivity index (χ0v) is 14.3. The van der Waals surface area contributed by atoms with Crippen LogP contribution in [0.1, 0.15) is 37.3 Å². The van der Waals surface area contributed by atoms with E-state index < -0.39 is 0 Å². The first kappa shape index (κ1) is 17.3. The fourth-order valence-electron chi connectivity index (χ4n) is 2.62. The van der Waals surface area contributed by atoms with Gasteiger partial charge < -0.3 is 15.5 Å². The van der Waals surface area contributed by atoms with Gasteiger partial charge in [-0.05, 0) is 32.3 Å². The molecule has 1 aliphatic rings. The standard InChI is InChI=1S/C18H28N4O/c1-3-19-18(21-14-16-9-7-15(2)8-10-16)20-11-5-13-22-12-4-6-17(22)23/h7-10H,3-6,11-14H2,1-2H3,(H2,19,20,21). The number of guanidine groups is 1. The minimum absolute atomic E-state index is 0.296. The molecule has 1 fully saturated rings. The van der Waals surface area contributed by atoms with Crippen LogP contribution >= 0.6 is 0 Å². The van der Waals surface area contributed by atoms with E-state index in [0.29, 0.717) is 18.9 Å². The Balaban J connectivity index is 1.75. The Morgan fingerprint density at radius 2 is 2.04 bits per heavy atom. The van der Waals surface area contributed by atoms with Crippen molar-refractivity contribution in [3.05, 3.63) is 35.4 Å². The third kappa shape index (κ3) is 5.93. The number of hydrogen-bond donors (Lipinski definition) is 2. The van der Waals surface area contributed by atoms with Gasteiger partial charge in [-0.25, -0.2) is 4.99 Å². The number of nitrogens with one attached hydrogen (secondary N) is 2. The summed E-state index contributed by atoms with van der Waals surface area (Å²) in [7, 11) is 0. The molecule has 0 aliphatic carbocycles. The quantitative estimate of drug-likeness (QED) is 0.460. The van der Waals surface area contributed by atoms with Gasteiger partial charge in [0.1, 0.15) is 0 Å². The van der Waals surface area contributed by atoms with Crippen LogP contribution in [-0.2, 0) is 11.3 Å². The Bertz CT molecular complexity index is 524. The molecule has 1 aromatic carbocycles. The molecule has 5 nitrogen and oxygen atoms in total. The average molecular weight is 316 g/mol. The van der Waals surface area contributed by atoms with E-state index in [-0.39, 0.29) is 0 Å². The molecule has 5 heteroatoms. The van der Waals surface area contributed by atoms with Crippen molar-refractivity contribution in [3.63, 3.8) is 0 Å². The minimum Gasteiger partial charge on any atom is -0.357 e. The van der Waals surface area contributed by atoms with Crippen molar-refractivity contribution in [2.75, 3.05) is 26.2 Å². The number of hydrogen-bond acceptors (Lipinski definition) is 2. The van der Waals surface area contributed by atoms with Crippen LogP contribution in [0.25, 0.3) is 0 Å². The van der Waals surface area contributed by atoms with Crippen LogP contribution in [0.2, 0.25) is 0 Å². The minimum atomic E-state index is 0.296. The Morgan fingerprint density at radius 3 is 2.70 bits per heavy atom. The van der Waals surface area contributed by atoms with E-state index >= 15 is 0 Å². The van der Waals surface area contributed by atoms with Crippen molar-refractivity contribution in [1.29, 1.82) is 0 Å². The van der Waals surface area contributed by atoms with E-state index in [0.717, 1.165) is 45.0 Å². The number of aliphatic imine (C=N–C) groups is 1. The Labute approximate surface area is 139 Å². The smallest absolute Gasteiger partial charge is 0.222 e. The molecule has 2 N–H and O–H groups in total. The van der Waals surface area contributed by atoms with Crippen LogP contribution < -0.4 is 10.6 Å². The molecule has 126 valence electrons. The van der Waals surface area contributed by atoms with Crippen molar-refractivity contribution in [1.82, 2.24) is 15.5 Å². The van der Waals surface area contributed by atoms with Gasteiger partial charge in [0.25, 0.3) is 0 Å². The molecular formula is C18H28N4O. The molecule has 1 amide bonds. The Hall–Kier alpha value is -2.04. The molecule has 0 spiro atoms. The molecule has 0 atom stereocenters. The molecular weight excluding hydrogens is 288 g/mol. The molecule has 1 heterocycles. The number of likely N-dealkylation sites (tertiary alicyclic amines) is 1. The molecule has 2 rings (SSSR count). The maximum absolute atomic E-state index is 11.6. The highest BCUT2D eigenvalue weighted by Gasteiger charge is 2.18. The lowest BCUT2D eigenvalue weighted by atomic mass is 10.1. The molecule has 23 heavy (non-hydrogen) atoms. The van der Waals surface area contributed by atoms with Gasteiger partial charge in [0.15, 0.2) is 5.96 Å². The summed E-state index contributed by atoms with van der Waals surface area (Å²) in [6, 6.07) is 8.44. The van der Waals surface area contributed by atoms with E-state index in [1.807, 2.05) is 4.90 Å². The first-order valence-electron chi connectivity index (χ1n) is 8.54. The van der Waals surface area contributed by atoms with Crippen molar-refractivity contribution in [2.45, 2.75) is 39.7 Å². The summed E-state index contributed by atoms with van der Waals surface area (Å²) in [5.74, 6) is 1.13. The molecule has 0 unspecified atom stereocenters. The van der Waals surface area contributed by atoms with E-state index in [1.165, 1.54) is 11.1 Å². The van der Waals surface area contributed by atoms with Gasteiger partial charge >= 0.3 is 0 Å². The highest BCUT2D eigenvalue weighted by atomic mass is 16.2. The zero-order valence-electron chi connectivity index (χ0n) is 14.3. The first-order valence-corrected chi connectivity index (χ1v) is 8.54. The second-order valence-corrected chi connectivity index (χ2v) is 5.95. The van der Waals surface area contributed by atoms with Gasteiger partial charge in [-0.2, -0.15) is 0 Å². The lowest BCUT2D eigenvalue weighted by Crippen LogP contribution is -2.39. The second kappa shape index (κ2) is 9.18. The highest BCUT2D eigenvalue weighted by molar-refractivity contribution is 5.79. The molecule has 0 bridgehead atoms. The van der Waals surface area contributed by atoms with Crippen molar-refractivity contribution in [3.8, 4) is 0 Å². The first-order chi connectivity index (χ1) is 11.2. The SMILES string of the molecule is CCNC(=NCc1ccc(C)cc1)NCCCN1CCCC1=O. The molecule has 0 radical (unpaired) electrons. The number of amides is 1. The predicted octanol–water partition coefficient (Wildman–Crippen LogP) is 2.06. The highest BCUT2D eigenvalue weighted by Crippen LogP contribution is 2.09. The van der Waals surface area contributed by atoms with Crippen LogP contribution in [0.5, 0.6) is 0 Å². The van der Waals surface area contributed by atoms with Crippen LogP contribution in [0, 0.1) is 6.92 Å². The van der Waals surface area contributed by atoms with Gasteiger partial charge in [0.2, 0.25) is 5.91 Å². The number of benzene rings is 1. The van der Waals surface area contributed by atoms with Gasteiger partial charge in [-0.3, -0.25) is 4.79 Å². The molecule has 0 saturated carbocycles. The lowest BCUT2D eigenvalue weighted by Gasteiger charge is -2.16. The molecule has 1 saturated heterocycles. The number of carbonyl (C=O) groups excluding carboxylic acids is 1. The van der Waals surface area contributed by atoms with Crippen LogP contribution in [-0.4, -0.2) is 42.9 Å². The molecule has 1 aromatic rings. The molecule has 1 aliphatic heterocycles. The van der Waals surface area contributed by atoms with Crippen molar-refractivity contribution < 1.29 is 4.79 Å². The van der Waals surface area contributed by atoms with Crippen molar-refractivity contribution in [2.24, 2.45) is 4.99 Å². The zero-order chi connectivity index (χ0) is 16.5. The summed E-state index contributed by atoms with van der Waals surface area (Å²) in [6.07, 6.45) is 2.67. The third-order valence-electron chi connectivity index (χ3n) is 3.95. The van der Waals surface area contributed by atoms with Crippen LogP contribution in [0.15, 0.2) is 29.3 Å². The fourth-order valence-corrected chi connectivity index (χ4v) is 2.62. The second-order valence-electron chi connectivity index (χ2n) is 5.95. The summed E-state index contributed by atoms with van der Waals surface area (Å²) < 4.78 is 0. The summed E-state index contributed by atoms with van der Waals surface area (Å²) in [5, 5.41) is 6.60. The van der Waals surface area contributed by atoms with Gasteiger partial charge in [0.05, 0.1) is 6.54 Å². The summed E-state index contributed by atoms with van der Waals surface area (Å²) in [5.41, 5.74) is 2.47. The van der Waals surface area contributed by atoms with E-state index in [2.05, 4.69) is 53.7 Å². The van der Waals surface area contributed by atoms with Gasteiger partial charge in [-0.1, -0.05) is 29.8 Å². The predicted molar refractivity (Wildman–Crippen MR) is 94.4 cm³/mol. The Kier molecular flexibility index (Phi) is 6.91. The lowest BCUT2D eigenvalue weighted by molar-refractivity contribution is -0.127. The monoisotopic (exact) mass is 316 g/mol. The van der Waals surface area contributed by atoms with E-state index in [4.69, 9.17) is 0 Å². The number of rotatable bonds is 7. The number of aryl methyl sites for hydroxylation is 1. The third-order valence-corrected chi connectivity index (χ3v) is 3.95. The molecule has 0 aromatic heterocycles. The summed E-state index contributed by atoms with van der Waals surface area (Å²) >= 11 is 0. The Morgan fingerprint density at radius 1 is 1.26 bits per heavy atom. The normalized spacial score (nSPS) is 15.1. The van der Waals surface area contributed by atoms with Gasteiger partial charge in [0, 0.05) is 32.6 Å². The maximum atomic E-state index is 11.6. The summed E-state index contributed by atoms with van der Waals surface area (Å²) in [4.78, 5) is 18.1. The number of carbonyl (C=O) groups is 1. The number of nitrogens with zero attached hydrogens (tertiary/aromatic N) is 2. The van der Waals surface area contributed by atoms with Crippen LogP contribution in [0.4, 0.5) is 0 Å². The fraction of sp³-hybridized carbons (Fsp3) is 0.556. The van der Waals surface area contributed by atoms with Crippen LogP contribution in [0.3, 0.4) is 0 Å². The van der Waals surface area contributed by atoms with Gasteiger partial charge in [-0.15, -0.1) is 0 Å². The maximum Gasteiger partial charge on any atom is 0.222 e. The van der Waals surface area contributed by atoms with E-state index in [9.17, 15) is 4.79 Å². The topological polar surface area (TPSA) is 56.7 Å². The van der Waals surface area contributed by atoms with E-state index in [1.54, 1.807) is 0 Å². The average Bonchev–Trinajstić information content (AvgIpc) is 2.96. The van der Waals surface area contributed by atoms with Crippen molar-refractivity contribution >= 4 is 11.9 Å².